The van der Waals surface area contributed by atoms with Gasteiger partial charge in [-0.15, -0.1) is 0 Å². The molecule has 1 aromatic rings. The normalized spacial score (nSPS) is 17.0. The second-order valence-electron chi connectivity index (χ2n) is 4.93. The Morgan fingerprint density at radius 2 is 2.00 bits per heavy atom. The molecule has 21 heavy (non-hydrogen) atoms. The molecule has 3 nitrogen and oxygen atoms in total. The molecule has 0 atom stereocenters. The number of benzene rings is 1. The van der Waals surface area contributed by atoms with Crippen LogP contribution in [0.3, 0.4) is 0 Å². The Morgan fingerprint density at radius 3 is 2.67 bits per heavy atom. The Hall–Kier alpha value is -0.790. The van der Waals surface area contributed by atoms with Crippen molar-refractivity contribution in [2.45, 2.75) is 25.1 Å². The molecule has 0 amide bonds. The number of nitrogens with one attached hydrogen (secondary N) is 2. The Morgan fingerprint density at radius 1 is 1.29 bits per heavy atom. The summed E-state index contributed by atoms with van der Waals surface area (Å²) in [5, 5.41) is 6.04. The van der Waals surface area contributed by atoms with E-state index in [9.17, 15) is 13.2 Å². The standard InChI is InChI=1S/C14H18BrF3N2O/c15-10-1-2-13(12(9-10)14(16,17)18)20-7-8-21-11-3-5-19-6-4-11/h1-2,9,11,19-20H,3-8H2. The number of ether oxygens (including phenoxy) is 1. The van der Waals surface area contributed by atoms with Crippen LogP contribution in [-0.4, -0.2) is 32.3 Å². The number of piperidine rings is 1. The lowest BCUT2D eigenvalue weighted by molar-refractivity contribution is -0.137. The zero-order valence-corrected chi connectivity index (χ0v) is 13.1. The number of halogens is 4. The predicted octanol–water partition coefficient (Wildman–Crippen LogP) is 3.65. The number of alkyl halides is 3. The van der Waals surface area contributed by atoms with Crippen LogP contribution in [0.1, 0.15) is 18.4 Å². The zero-order chi connectivity index (χ0) is 15.3. The number of anilines is 1. The second-order valence-corrected chi connectivity index (χ2v) is 5.85. The third-order valence-corrected chi connectivity index (χ3v) is 3.84. The molecular formula is C14H18BrF3N2O. The molecular weight excluding hydrogens is 349 g/mol. The Labute approximate surface area is 130 Å². The highest BCUT2D eigenvalue weighted by Crippen LogP contribution is 2.36. The molecule has 0 saturated carbocycles. The molecule has 1 saturated heterocycles. The molecule has 1 heterocycles. The van der Waals surface area contributed by atoms with Crippen molar-refractivity contribution in [3.05, 3.63) is 28.2 Å². The van der Waals surface area contributed by atoms with Crippen molar-refractivity contribution < 1.29 is 17.9 Å². The van der Waals surface area contributed by atoms with Crippen molar-refractivity contribution >= 4 is 21.6 Å². The van der Waals surface area contributed by atoms with Gasteiger partial charge in [0.05, 0.1) is 18.3 Å². The maximum absolute atomic E-state index is 12.9. The number of rotatable bonds is 5. The van der Waals surface area contributed by atoms with Gasteiger partial charge in [0.15, 0.2) is 0 Å². The summed E-state index contributed by atoms with van der Waals surface area (Å²) in [4.78, 5) is 0. The molecule has 1 fully saturated rings. The Kier molecular flexibility index (Phi) is 5.89. The molecule has 0 aliphatic carbocycles. The van der Waals surface area contributed by atoms with E-state index in [0.717, 1.165) is 32.0 Å². The Balaban J connectivity index is 1.85. The first kappa shape index (κ1) is 16.6. The molecule has 2 N–H and O–H groups in total. The van der Waals surface area contributed by atoms with Gasteiger partial charge in [-0.1, -0.05) is 15.9 Å². The van der Waals surface area contributed by atoms with E-state index in [-0.39, 0.29) is 11.8 Å². The average molecular weight is 367 g/mol. The fourth-order valence-corrected chi connectivity index (χ4v) is 2.64. The van der Waals surface area contributed by atoms with Crippen molar-refractivity contribution in [1.82, 2.24) is 5.32 Å². The fraction of sp³-hybridized carbons (Fsp3) is 0.571. The minimum absolute atomic E-state index is 0.0830. The van der Waals surface area contributed by atoms with Crippen LogP contribution in [0.25, 0.3) is 0 Å². The van der Waals surface area contributed by atoms with Gasteiger partial charge < -0.3 is 15.4 Å². The molecule has 7 heteroatoms. The van der Waals surface area contributed by atoms with Crippen molar-refractivity contribution in [2.75, 3.05) is 31.6 Å². The van der Waals surface area contributed by atoms with E-state index in [1.807, 2.05) is 0 Å². The third kappa shape index (κ3) is 5.16. The lowest BCUT2D eigenvalue weighted by Crippen LogP contribution is -2.33. The van der Waals surface area contributed by atoms with Gasteiger partial charge in [-0.25, -0.2) is 0 Å². The fourth-order valence-electron chi connectivity index (χ4n) is 2.28. The average Bonchev–Trinajstić information content (AvgIpc) is 2.45. The minimum Gasteiger partial charge on any atom is -0.382 e. The highest BCUT2D eigenvalue weighted by molar-refractivity contribution is 9.10. The number of hydrogen-bond acceptors (Lipinski definition) is 3. The molecule has 0 unspecified atom stereocenters. The lowest BCUT2D eigenvalue weighted by atomic mass is 10.1. The second kappa shape index (κ2) is 7.47. The maximum atomic E-state index is 12.9. The molecule has 1 aliphatic rings. The van der Waals surface area contributed by atoms with E-state index in [4.69, 9.17) is 4.74 Å². The van der Waals surface area contributed by atoms with Crippen LogP contribution in [0.15, 0.2) is 22.7 Å². The molecule has 0 aromatic heterocycles. The van der Waals surface area contributed by atoms with E-state index in [2.05, 4.69) is 26.6 Å². The quantitative estimate of drug-likeness (QED) is 0.780. The van der Waals surface area contributed by atoms with Crippen molar-refractivity contribution in [3.8, 4) is 0 Å². The molecule has 2 rings (SSSR count). The van der Waals surface area contributed by atoms with E-state index < -0.39 is 11.7 Å². The van der Waals surface area contributed by atoms with Crippen molar-refractivity contribution in [2.24, 2.45) is 0 Å². The topological polar surface area (TPSA) is 33.3 Å². The lowest BCUT2D eigenvalue weighted by Gasteiger charge is -2.23. The summed E-state index contributed by atoms with van der Waals surface area (Å²) in [5.74, 6) is 0. The maximum Gasteiger partial charge on any atom is 0.418 e. The zero-order valence-electron chi connectivity index (χ0n) is 11.5. The minimum atomic E-state index is -4.37. The molecule has 0 radical (unpaired) electrons. The largest absolute Gasteiger partial charge is 0.418 e. The van der Waals surface area contributed by atoms with Crippen LogP contribution in [-0.2, 0) is 10.9 Å². The monoisotopic (exact) mass is 366 g/mol. The van der Waals surface area contributed by atoms with Gasteiger partial charge in [0.2, 0.25) is 0 Å². The summed E-state index contributed by atoms with van der Waals surface area (Å²) in [7, 11) is 0. The summed E-state index contributed by atoms with van der Waals surface area (Å²) >= 11 is 3.06. The van der Waals surface area contributed by atoms with Crippen LogP contribution < -0.4 is 10.6 Å². The molecule has 1 aromatic carbocycles. The summed E-state index contributed by atoms with van der Waals surface area (Å²) in [6.45, 7) is 2.62. The summed E-state index contributed by atoms with van der Waals surface area (Å²) in [6, 6.07) is 4.10. The van der Waals surface area contributed by atoms with Gasteiger partial charge in [-0.3, -0.25) is 0 Å². The molecule has 0 bridgehead atoms. The van der Waals surface area contributed by atoms with Crippen LogP contribution in [0.2, 0.25) is 0 Å². The first-order valence-electron chi connectivity index (χ1n) is 6.90. The third-order valence-electron chi connectivity index (χ3n) is 3.34. The number of hydrogen-bond donors (Lipinski definition) is 2. The van der Waals surface area contributed by atoms with Gasteiger partial charge in [0, 0.05) is 16.7 Å². The SMILES string of the molecule is FC(F)(F)c1cc(Br)ccc1NCCOC1CCNCC1. The molecule has 1 aliphatic heterocycles. The highest BCUT2D eigenvalue weighted by atomic mass is 79.9. The molecule has 0 spiro atoms. The van der Waals surface area contributed by atoms with Crippen LogP contribution in [0.5, 0.6) is 0 Å². The van der Waals surface area contributed by atoms with Crippen molar-refractivity contribution in [3.63, 3.8) is 0 Å². The van der Waals surface area contributed by atoms with Crippen LogP contribution in [0, 0.1) is 0 Å². The Bertz CT molecular complexity index is 462. The van der Waals surface area contributed by atoms with E-state index >= 15 is 0 Å². The van der Waals surface area contributed by atoms with Crippen molar-refractivity contribution in [1.29, 1.82) is 0 Å². The van der Waals surface area contributed by atoms with E-state index in [1.54, 1.807) is 6.07 Å². The summed E-state index contributed by atoms with van der Waals surface area (Å²) in [5.41, 5.74) is -0.585. The first-order valence-corrected chi connectivity index (χ1v) is 7.69. The summed E-state index contributed by atoms with van der Waals surface area (Å²) < 4.78 is 44.9. The van der Waals surface area contributed by atoms with Gasteiger partial charge in [0.1, 0.15) is 0 Å². The van der Waals surface area contributed by atoms with Gasteiger partial charge in [-0.05, 0) is 44.1 Å². The molecule has 118 valence electrons. The first-order chi connectivity index (χ1) is 9.97. The summed E-state index contributed by atoms with van der Waals surface area (Å²) in [6.07, 6.45) is -2.26. The smallest absolute Gasteiger partial charge is 0.382 e. The van der Waals surface area contributed by atoms with Crippen LogP contribution in [0.4, 0.5) is 18.9 Å². The van der Waals surface area contributed by atoms with E-state index in [1.165, 1.54) is 6.07 Å². The van der Waals surface area contributed by atoms with Gasteiger partial charge in [-0.2, -0.15) is 13.2 Å². The van der Waals surface area contributed by atoms with Gasteiger partial charge >= 0.3 is 6.18 Å². The highest BCUT2D eigenvalue weighted by Gasteiger charge is 2.33. The van der Waals surface area contributed by atoms with E-state index in [0.29, 0.717) is 17.6 Å². The predicted molar refractivity (Wildman–Crippen MR) is 79.5 cm³/mol. The van der Waals surface area contributed by atoms with Gasteiger partial charge in [0.25, 0.3) is 0 Å². The van der Waals surface area contributed by atoms with Crippen LogP contribution >= 0.6 is 15.9 Å².